The quantitative estimate of drug-likeness (QED) is 0.720. The van der Waals surface area contributed by atoms with Gasteiger partial charge in [0.15, 0.2) is 0 Å². The predicted octanol–water partition coefficient (Wildman–Crippen LogP) is 4.47. The van der Waals surface area contributed by atoms with Gasteiger partial charge in [0, 0.05) is 6.20 Å². The van der Waals surface area contributed by atoms with Gasteiger partial charge in [0.1, 0.15) is 0 Å². The van der Waals surface area contributed by atoms with Crippen molar-refractivity contribution in [2.45, 2.75) is 6.61 Å². The molecule has 1 N–H and O–H groups in total. The Kier molecular flexibility index (Phi) is 4.24. The molecule has 0 spiro atoms. The second-order valence-electron chi connectivity index (χ2n) is 4.73. The molecule has 0 fully saturated rings. The van der Waals surface area contributed by atoms with E-state index in [9.17, 15) is 0 Å². The van der Waals surface area contributed by atoms with Crippen molar-refractivity contribution < 1.29 is 5.11 Å². The van der Waals surface area contributed by atoms with Crippen molar-refractivity contribution in [1.29, 1.82) is 0 Å². The van der Waals surface area contributed by atoms with E-state index in [-0.39, 0.29) is 6.61 Å². The van der Waals surface area contributed by atoms with Gasteiger partial charge < -0.3 is 5.11 Å². The largest absolute Gasteiger partial charge is 0.392 e. The van der Waals surface area contributed by atoms with Crippen LogP contribution in [-0.2, 0) is 6.61 Å². The summed E-state index contributed by atoms with van der Waals surface area (Å²) in [5.41, 5.74) is 6.19. The summed E-state index contributed by atoms with van der Waals surface area (Å²) in [6, 6.07) is 16.3. The number of hydrogen-bond acceptors (Lipinski definition) is 3. The van der Waals surface area contributed by atoms with Crippen LogP contribution in [-0.4, -0.2) is 10.1 Å². The summed E-state index contributed by atoms with van der Waals surface area (Å²) in [7, 11) is 0. The molecule has 104 valence electrons. The van der Waals surface area contributed by atoms with Gasteiger partial charge >= 0.3 is 0 Å². The van der Waals surface area contributed by atoms with Crippen molar-refractivity contribution in [3.05, 3.63) is 76.9 Å². The van der Waals surface area contributed by atoms with Crippen LogP contribution in [0.3, 0.4) is 0 Å². The average molecular weight is 293 g/mol. The monoisotopic (exact) mass is 293 g/mol. The van der Waals surface area contributed by atoms with E-state index in [1.165, 1.54) is 10.4 Å². The fraction of sp³-hybridized carbons (Fsp3) is 0.0556. The molecule has 3 rings (SSSR count). The van der Waals surface area contributed by atoms with Gasteiger partial charge in [-0.3, -0.25) is 4.98 Å². The van der Waals surface area contributed by atoms with E-state index in [4.69, 9.17) is 5.11 Å². The lowest BCUT2D eigenvalue weighted by molar-refractivity contribution is 0.282. The molecule has 0 aliphatic carbocycles. The standard InChI is InChI=1S/C18H15NOS/c20-12-16-5-1-3-14(9-16)7-8-15-4-2-6-17(10-15)18-11-19-13-21-18/h1-11,13,20H,12H2. The Morgan fingerprint density at radius 2 is 1.76 bits per heavy atom. The van der Waals surface area contributed by atoms with Crippen LogP contribution in [0.5, 0.6) is 0 Å². The summed E-state index contributed by atoms with van der Waals surface area (Å²) in [6.07, 6.45) is 6.03. The number of hydrogen-bond donors (Lipinski definition) is 1. The van der Waals surface area contributed by atoms with E-state index in [1.807, 2.05) is 36.0 Å². The van der Waals surface area contributed by atoms with E-state index in [1.54, 1.807) is 11.3 Å². The molecule has 1 heterocycles. The number of benzene rings is 2. The fourth-order valence-corrected chi connectivity index (χ4v) is 2.76. The third kappa shape index (κ3) is 3.45. The summed E-state index contributed by atoms with van der Waals surface area (Å²) < 4.78 is 0. The zero-order chi connectivity index (χ0) is 14.5. The number of aromatic nitrogens is 1. The first-order valence-corrected chi connectivity index (χ1v) is 7.60. The molecule has 3 aromatic rings. The minimum atomic E-state index is 0.0720. The first-order chi connectivity index (χ1) is 10.3. The molecular weight excluding hydrogens is 278 g/mol. The Labute approximate surface area is 128 Å². The molecular formula is C18H15NOS. The van der Waals surface area contributed by atoms with Crippen molar-refractivity contribution in [3.8, 4) is 10.4 Å². The lowest BCUT2D eigenvalue weighted by Gasteiger charge is -2.00. The molecule has 3 heteroatoms. The number of aliphatic hydroxyl groups excluding tert-OH is 1. The SMILES string of the molecule is OCc1cccc(C=Cc2cccc(-c3cncs3)c2)c1. The van der Waals surface area contributed by atoms with Gasteiger partial charge in [0.2, 0.25) is 0 Å². The van der Waals surface area contributed by atoms with Crippen molar-refractivity contribution in [2.75, 3.05) is 0 Å². The first kappa shape index (κ1) is 13.7. The Balaban J connectivity index is 1.84. The van der Waals surface area contributed by atoms with Crippen LogP contribution in [0.25, 0.3) is 22.6 Å². The Bertz CT molecular complexity index is 747. The molecule has 0 unspecified atom stereocenters. The molecule has 0 saturated carbocycles. The van der Waals surface area contributed by atoms with Crippen molar-refractivity contribution >= 4 is 23.5 Å². The van der Waals surface area contributed by atoms with Crippen LogP contribution < -0.4 is 0 Å². The maximum Gasteiger partial charge on any atom is 0.0797 e. The highest BCUT2D eigenvalue weighted by Gasteiger charge is 1.99. The van der Waals surface area contributed by atoms with E-state index in [2.05, 4.69) is 41.4 Å². The topological polar surface area (TPSA) is 33.1 Å². The minimum Gasteiger partial charge on any atom is -0.392 e. The number of aliphatic hydroxyl groups is 1. The second-order valence-corrected chi connectivity index (χ2v) is 5.61. The van der Waals surface area contributed by atoms with Crippen molar-refractivity contribution in [2.24, 2.45) is 0 Å². The lowest BCUT2D eigenvalue weighted by Crippen LogP contribution is -1.82. The Hall–Kier alpha value is -2.23. The van der Waals surface area contributed by atoms with E-state index in [0.29, 0.717) is 0 Å². The summed E-state index contributed by atoms with van der Waals surface area (Å²) in [5.74, 6) is 0. The minimum absolute atomic E-state index is 0.0720. The van der Waals surface area contributed by atoms with Crippen LogP contribution >= 0.6 is 11.3 Å². The third-order valence-corrected chi connectivity index (χ3v) is 4.03. The molecule has 2 nitrogen and oxygen atoms in total. The van der Waals surface area contributed by atoms with Crippen LogP contribution in [0.1, 0.15) is 16.7 Å². The Morgan fingerprint density at radius 3 is 2.48 bits per heavy atom. The van der Waals surface area contributed by atoms with Crippen molar-refractivity contribution in [1.82, 2.24) is 4.98 Å². The Morgan fingerprint density at radius 1 is 1.00 bits per heavy atom. The highest BCUT2D eigenvalue weighted by atomic mass is 32.1. The van der Waals surface area contributed by atoms with Crippen LogP contribution in [0.2, 0.25) is 0 Å². The zero-order valence-corrected chi connectivity index (χ0v) is 12.3. The maximum absolute atomic E-state index is 9.16. The van der Waals surface area contributed by atoms with Gasteiger partial charge in [-0.25, -0.2) is 0 Å². The van der Waals surface area contributed by atoms with Gasteiger partial charge in [-0.15, -0.1) is 11.3 Å². The molecule has 0 amide bonds. The molecule has 1 aromatic heterocycles. The predicted molar refractivity (Wildman–Crippen MR) is 88.8 cm³/mol. The van der Waals surface area contributed by atoms with E-state index >= 15 is 0 Å². The molecule has 21 heavy (non-hydrogen) atoms. The van der Waals surface area contributed by atoms with Crippen LogP contribution in [0.15, 0.2) is 60.2 Å². The molecule has 0 aliphatic heterocycles. The number of nitrogens with zero attached hydrogens (tertiary/aromatic N) is 1. The molecule has 0 bridgehead atoms. The number of thiazole rings is 1. The van der Waals surface area contributed by atoms with Gasteiger partial charge in [-0.2, -0.15) is 0 Å². The van der Waals surface area contributed by atoms with Crippen molar-refractivity contribution in [3.63, 3.8) is 0 Å². The van der Waals surface area contributed by atoms with Gasteiger partial charge in [0.25, 0.3) is 0 Å². The third-order valence-electron chi connectivity index (χ3n) is 3.21. The van der Waals surface area contributed by atoms with E-state index in [0.717, 1.165) is 16.7 Å². The van der Waals surface area contributed by atoms with Crippen LogP contribution in [0.4, 0.5) is 0 Å². The van der Waals surface area contributed by atoms with Gasteiger partial charge in [-0.1, -0.05) is 48.6 Å². The van der Waals surface area contributed by atoms with Gasteiger partial charge in [-0.05, 0) is 34.4 Å². The highest BCUT2D eigenvalue weighted by Crippen LogP contribution is 2.24. The van der Waals surface area contributed by atoms with Crippen LogP contribution in [0, 0.1) is 0 Å². The molecule has 0 atom stereocenters. The average Bonchev–Trinajstić information content (AvgIpc) is 3.08. The summed E-state index contributed by atoms with van der Waals surface area (Å²) >= 11 is 1.64. The number of rotatable bonds is 4. The summed E-state index contributed by atoms with van der Waals surface area (Å²) in [5, 5.41) is 9.16. The maximum atomic E-state index is 9.16. The normalized spacial score (nSPS) is 11.1. The molecule has 0 aliphatic rings. The molecule has 0 saturated heterocycles. The van der Waals surface area contributed by atoms with E-state index < -0.39 is 0 Å². The second kappa shape index (κ2) is 6.48. The zero-order valence-electron chi connectivity index (χ0n) is 11.4. The van der Waals surface area contributed by atoms with Gasteiger partial charge in [0.05, 0.1) is 17.0 Å². The molecule has 2 aromatic carbocycles. The highest BCUT2D eigenvalue weighted by molar-refractivity contribution is 7.13. The smallest absolute Gasteiger partial charge is 0.0797 e. The fourth-order valence-electron chi connectivity index (χ4n) is 2.14. The summed E-state index contributed by atoms with van der Waals surface area (Å²) in [4.78, 5) is 5.29. The first-order valence-electron chi connectivity index (χ1n) is 6.72. The summed E-state index contributed by atoms with van der Waals surface area (Å²) in [6.45, 7) is 0.0720. The molecule has 0 radical (unpaired) electrons. The lowest BCUT2D eigenvalue weighted by atomic mass is 10.1.